The van der Waals surface area contributed by atoms with Crippen LogP contribution in [0.1, 0.15) is 24.1 Å². The van der Waals surface area contributed by atoms with Crippen LogP contribution in [-0.4, -0.2) is 25.1 Å². The van der Waals surface area contributed by atoms with Gasteiger partial charge in [-0.05, 0) is 61.5 Å². The van der Waals surface area contributed by atoms with E-state index >= 15 is 0 Å². The molecule has 1 amide bonds. The van der Waals surface area contributed by atoms with E-state index in [9.17, 15) is 4.79 Å². The first kappa shape index (κ1) is 20.2. The monoisotopic (exact) mass is 414 g/mol. The number of allylic oxidation sites excluding steroid dienone is 1. The highest BCUT2D eigenvalue weighted by Gasteiger charge is 2.30. The smallest absolute Gasteiger partial charge is 0.255 e. The fraction of sp³-hybridized carbons (Fsp3) is 0.238. The molecule has 0 bridgehead atoms. The summed E-state index contributed by atoms with van der Waals surface area (Å²) in [5.74, 6) is -0.202. The molecule has 0 aliphatic carbocycles. The summed E-state index contributed by atoms with van der Waals surface area (Å²) in [6.07, 6.45) is 0. The Balaban J connectivity index is 1.95. The molecular formula is C21H23ClN4OS. The highest BCUT2D eigenvalue weighted by molar-refractivity contribution is 7.80. The molecule has 0 aromatic heterocycles. The maximum atomic E-state index is 13.2. The van der Waals surface area contributed by atoms with E-state index in [-0.39, 0.29) is 11.9 Å². The Morgan fingerprint density at radius 3 is 2.46 bits per heavy atom. The molecule has 1 aliphatic heterocycles. The zero-order chi connectivity index (χ0) is 20.4. The topological polar surface area (TPSA) is 56.4 Å². The first-order valence-corrected chi connectivity index (χ1v) is 9.68. The highest BCUT2D eigenvalue weighted by Crippen LogP contribution is 2.30. The van der Waals surface area contributed by atoms with E-state index in [1.54, 1.807) is 12.1 Å². The molecule has 1 atom stereocenters. The van der Waals surface area contributed by atoms with Gasteiger partial charge in [0.05, 0.1) is 11.6 Å². The number of thiocarbonyl (C=S) groups is 1. The van der Waals surface area contributed by atoms with Crippen LogP contribution >= 0.6 is 23.8 Å². The number of aryl methyl sites for hydroxylation is 1. The molecule has 0 saturated heterocycles. The van der Waals surface area contributed by atoms with E-state index in [0.29, 0.717) is 21.4 Å². The van der Waals surface area contributed by atoms with E-state index in [1.165, 1.54) is 0 Å². The Labute approximate surface area is 175 Å². The predicted octanol–water partition coefficient (Wildman–Crippen LogP) is 4.15. The Morgan fingerprint density at radius 1 is 1.14 bits per heavy atom. The molecule has 2 aromatic rings. The number of rotatable bonds is 4. The Kier molecular flexibility index (Phi) is 5.91. The fourth-order valence-corrected chi connectivity index (χ4v) is 3.57. The van der Waals surface area contributed by atoms with Crippen molar-refractivity contribution in [3.63, 3.8) is 0 Å². The van der Waals surface area contributed by atoms with Crippen molar-refractivity contribution in [2.75, 3.05) is 24.3 Å². The third-order valence-electron chi connectivity index (χ3n) is 4.70. The summed E-state index contributed by atoms with van der Waals surface area (Å²) in [4.78, 5) is 15.2. The van der Waals surface area contributed by atoms with Gasteiger partial charge in [0.25, 0.3) is 5.91 Å². The number of halogens is 1. The van der Waals surface area contributed by atoms with Gasteiger partial charge in [0.2, 0.25) is 0 Å². The second-order valence-corrected chi connectivity index (χ2v) is 7.81. The van der Waals surface area contributed by atoms with Gasteiger partial charge in [0.15, 0.2) is 5.11 Å². The van der Waals surface area contributed by atoms with Gasteiger partial charge in [0.1, 0.15) is 0 Å². The number of nitrogens with zero attached hydrogens (tertiary/aromatic N) is 1. The van der Waals surface area contributed by atoms with Crippen LogP contribution in [-0.2, 0) is 4.79 Å². The molecule has 7 heteroatoms. The van der Waals surface area contributed by atoms with Crippen molar-refractivity contribution >= 4 is 46.2 Å². The molecule has 1 heterocycles. The summed E-state index contributed by atoms with van der Waals surface area (Å²) in [6.45, 7) is 3.78. The number of benzene rings is 2. The third-order valence-corrected chi connectivity index (χ3v) is 5.16. The number of amides is 1. The number of hydrogen-bond donors (Lipinski definition) is 3. The van der Waals surface area contributed by atoms with Crippen LogP contribution in [0.2, 0.25) is 5.02 Å². The number of nitrogens with one attached hydrogen (secondary N) is 3. The molecule has 1 aliphatic rings. The lowest BCUT2D eigenvalue weighted by Crippen LogP contribution is -2.45. The molecule has 0 saturated carbocycles. The zero-order valence-electron chi connectivity index (χ0n) is 16.3. The number of carbonyl (C=O) groups is 1. The molecular weight excluding hydrogens is 392 g/mol. The second kappa shape index (κ2) is 8.20. The zero-order valence-corrected chi connectivity index (χ0v) is 17.8. The molecule has 0 radical (unpaired) electrons. The summed E-state index contributed by atoms with van der Waals surface area (Å²) in [5.41, 5.74) is 4.99. The standard InChI is InChI=1S/C21H23ClN4OS/c1-12-5-8-15(22)11-17(12)24-20(27)18-13(2)23-21(28)25-19(18)14-6-9-16(10-7-14)26(3)4/h5-11,19H,1-4H3,(H,24,27)(H2,23,25,28)/t19-/m0/s1. The molecule has 0 fully saturated rings. The van der Waals surface area contributed by atoms with Crippen molar-refractivity contribution in [3.8, 4) is 0 Å². The first-order valence-electron chi connectivity index (χ1n) is 8.89. The average molecular weight is 415 g/mol. The van der Waals surface area contributed by atoms with E-state index in [4.69, 9.17) is 23.8 Å². The van der Waals surface area contributed by atoms with Crippen LogP contribution in [0.25, 0.3) is 0 Å². The molecule has 5 nitrogen and oxygen atoms in total. The lowest BCUT2D eigenvalue weighted by molar-refractivity contribution is -0.113. The lowest BCUT2D eigenvalue weighted by Gasteiger charge is -2.30. The van der Waals surface area contributed by atoms with Crippen molar-refractivity contribution < 1.29 is 4.79 Å². The fourth-order valence-electron chi connectivity index (χ4n) is 3.13. The molecule has 2 aromatic carbocycles. The van der Waals surface area contributed by atoms with Gasteiger partial charge in [0, 0.05) is 36.2 Å². The van der Waals surface area contributed by atoms with E-state index in [0.717, 1.165) is 22.5 Å². The van der Waals surface area contributed by atoms with Crippen LogP contribution in [0, 0.1) is 6.92 Å². The van der Waals surface area contributed by atoms with Crippen LogP contribution in [0.3, 0.4) is 0 Å². The minimum atomic E-state index is -0.343. The Morgan fingerprint density at radius 2 is 1.82 bits per heavy atom. The Bertz CT molecular complexity index is 953. The van der Waals surface area contributed by atoms with Crippen molar-refractivity contribution in [1.82, 2.24) is 10.6 Å². The van der Waals surface area contributed by atoms with Crippen molar-refractivity contribution in [2.45, 2.75) is 19.9 Å². The SMILES string of the molecule is CC1=C(C(=O)Nc2cc(Cl)ccc2C)[C@H](c2ccc(N(C)C)cc2)NC(=S)N1. The molecule has 146 valence electrons. The molecule has 3 N–H and O–H groups in total. The quantitative estimate of drug-likeness (QED) is 0.656. The van der Waals surface area contributed by atoms with Crippen molar-refractivity contribution in [3.05, 3.63) is 69.9 Å². The summed E-state index contributed by atoms with van der Waals surface area (Å²) in [5, 5.41) is 10.3. The minimum Gasteiger partial charge on any atom is -0.378 e. The number of anilines is 2. The predicted molar refractivity (Wildman–Crippen MR) is 120 cm³/mol. The maximum Gasteiger partial charge on any atom is 0.255 e. The Hall–Kier alpha value is -2.57. The second-order valence-electron chi connectivity index (χ2n) is 6.97. The molecule has 0 unspecified atom stereocenters. The van der Waals surface area contributed by atoms with Gasteiger partial charge in [-0.25, -0.2) is 0 Å². The van der Waals surface area contributed by atoms with Crippen LogP contribution < -0.4 is 20.9 Å². The molecule has 0 spiro atoms. The summed E-state index contributed by atoms with van der Waals surface area (Å²) in [7, 11) is 3.98. The van der Waals surface area contributed by atoms with E-state index < -0.39 is 0 Å². The molecule has 28 heavy (non-hydrogen) atoms. The van der Waals surface area contributed by atoms with Crippen LogP contribution in [0.15, 0.2) is 53.7 Å². The van der Waals surface area contributed by atoms with E-state index in [2.05, 4.69) is 16.0 Å². The largest absolute Gasteiger partial charge is 0.378 e. The third kappa shape index (κ3) is 4.29. The van der Waals surface area contributed by atoms with Gasteiger partial charge in [-0.1, -0.05) is 29.8 Å². The average Bonchev–Trinajstić information content (AvgIpc) is 2.64. The van der Waals surface area contributed by atoms with E-state index in [1.807, 2.05) is 63.2 Å². The molecule has 3 rings (SSSR count). The van der Waals surface area contributed by atoms with Gasteiger partial charge in [-0.2, -0.15) is 0 Å². The summed E-state index contributed by atoms with van der Waals surface area (Å²) in [6, 6.07) is 13.1. The normalized spacial score (nSPS) is 16.3. The van der Waals surface area contributed by atoms with Gasteiger partial charge in [-0.3, -0.25) is 4.79 Å². The highest BCUT2D eigenvalue weighted by atomic mass is 35.5. The first-order chi connectivity index (χ1) is 13.3. The summed E-state index contributed by atoms with van der Waals surface area (Å²) >= 11 is 11.4. The number of hydrogen-bond acceptors (Lipinski definition) is 3. The number of carbonyl (C=O) groups excluding carboxylic acids is 1. The van der Waals surface area contributed by atoms with Gasteiger partial charge >= 0.3 is 0 Å². The summed E-state index contributed by atoms with van der Waals surface area (Å²) < 4.78 is 0. The minimum absolute atomic E-state index is 0.202. The van der Waals surface area contributed by atoms with Crippen LogP contribution in [0.5, 0.6) is 0 Å². The van der Waals surface area contributed by atoms with Crippen LogP contribution in [0.4, 0.5) is 11.4 Å². The maximum absolute atomic E-state index is 13.2. The van der Waals surface area contributed by atoms with Gasteiger partial charge < -0.3 is 20.9 Å². The van der Waals surface area contributed by atoms with Crippen molar-refractivity contribution in [1.29, 1.82) is 0 Å². The van der Waals surface area contributed by atoms with Gasteiger partial charge in [-0.15, -0.1) is 0 Å². The lowest BCUT2D eigenvalue weighted by atomic mass is 9.94. The van der Waals surface area contributed by atoms with Crippen molar-refractivity contribution in [2.24, 2.45) is 0 Å².